The maximum absolute atomic E-state index is 13.4. The monoisotopic (exact) mass is 436 g/mol. The van der Waals surface area contributed by atoms with Crippen LogP contribution in [0, 0.1) is 11.8 Å². The van der Waals surface area contributed by atoms with Gasteiger partial charge in [-0.05, 0) is 24.6 Å². The number of ether oxygens (including phenoxy) is 2. The Morgan fingerprint density at radius 2 is 2.00 bits per heavy atom. The molecule has 168 valence electrons. The van der Waals surface area contributed by atoms with Gasteiger partial charge in [0.05, 0.1) is 29.4 Å². The lowest BCUT2D eigenvalue weighted by Crippen LogP contribution is -2.60. The Morgan fingerprint density at radius 1 is 1.25 bits per heavy atom. The predicted molar refractivity (Wildman–Crippen MR) is 119 cm³/mol. The second-order valence-electron chi connectivity index (χ2n) is 7.97. The van der Waals surface area contributed by atoms with Gasteiger partial charge in [0.2, 0.25) is 11.5 Å². The van der Waals surface area contributed by atoms with Crippen LogP contribution in [0.15, 0.2) is 36.4 Å². The molecule has 1 amide bonds. The van der Waals surface area contributed by atoms with Crippen LogP contribution in [0.1, 0.15) is 51.8 Å². The number of pyridine rings is 1. The van der Waals surface area contributed by atoms with Crippen molar-refractivity contribution in [1.29, 1.82) is 0 Å². The van der Waals surface area contributed by atoms with Gasteiger partial charge in [-0.3, -0.25) is 9.59 Å². The average molecular weight is 437 g/mol. The molecule has 3 aliphatic heterocycles. The molecular weight excluding hydrogens is 408 g/mol. The van der Waals surface area contributed by atoms with Crippen molar-refractivity contribution in [3.8, 4) is 0 Å². The molecule has 2 aromatic rings. The number of para-hydroxylation sites is 1. The van der Waals surface area contributed by atoms with Crippen molar-refractivity contribution in [2.75, 3.05) is 6.61 Å². The fourth-order valence-electron chi connectivity index (χ4n) is 4.79. The van der Waals surface area contributed by atoms with E-state index in [9.17, 15) is 14.4 Å². The molecule has 0 N–H and O–H groups in total. The van der Waals surface area contributed by atoms with Gasteiger partial charge < -0.3 is 14.4 Å². The zero-order valence-corrected chi connectivity index (χ0v) is 18.9. The number of amides is 1. The summed E-state index contributed by atoms with van der Waals surface area (Å²) in [5, 5.41) is 1.01. The Kier molecular flexibility index (Phi) is 5.75. The summed E-state index contributed by atoms with van der Waals surface area (Å²) in [7, 11) is 0. The Morgan fingerprint density at radius 3 is 2.72 bits per heavy atom. The molecule has 1 aromatic carbocycles. The molecule has 32 heavy (non-hydrogen) atoms. The molecular formula is C25H28N2O5. The van der Waals surface area contributed by atoms with Crippen molar-refractivity contribution in [1.82, 2.24) is 9.88 Å². The first-order chi connectivity index (χ1) is 15.5. The van der Waals surface area contributed by atoms with E-state index in [1.165, 1.54) is 0 Å². The first-order valence-electron chi connectivity index (χ1n) is 11.3. The lowest BCUT2D eigenvalue weighted by molar-refractivity contribution is -0.205. The molecule has 1 aromatic heterocycles. The van der Waals surface area contributed by atoms with E-state index in [-0.39, 0.29) is 25.4 Å². The van der Waals surface area contributed by atoms with E-state index in [0.717, 1.165) is 22.2 Å². The number of nitrogens with zero attached hydrogens (tertiary/aromatic N) is 2. The SMILES string of the molecule is CC.CCC(=O)O[C@]1(CC)C(=O)OCC2C(=O)N3Cc4cc5ccccc5nc4C3=CC21. The molecule has 0 spiro atoms. The van der Waals surface area contributed by atoms with Gasteiger partial charge in [-0.2, -0.15) is 0 Å². The third-order valence-corrected chi connectivity index (χ3v) is 6.41. The van der Waals surface area contributed by atoms with Crippen molar-refractivity contribution in [2.45, 2.75) is 52.7 Å². The highest BCUT2D eigenvalue weighted by molar-refractivity contribution is 5.97. The summed E-state index contributed by atoms with van der Waals surface area (Å²) < 4.78 is 11.0. The first-order valence-corrected chi connectivity index (χ1v) is 11.3. The Balaban J connectivity index is 0.00000119. The van der Waals surface area contributed by atoms with E-state index < -0.39 is 29.4 Å². The predicted octanol–water partition coefficient (Wildman–Crippen LogP) is 3.85. The lowest BCUT2D eigenvalue weighted by atomic mass is 9.72. The summed E-state index contributed by atoms with van der Waals surface area (Å²) >= 11 is 0. The smallest absolute Gasteiger partial charge is 0.351 e. The minimum Gasteiger partial charge on any atom is -0.462 e. The number of hydrogen-bond donors (Lipinski definition) is 0. The van der Waals surface area contributed by atoms with Gasteiger partial charge in [-0.25, -0.2) is 9.78 Å². The number of esters is 2. The highest BCUT2D eigenvalue weighted by Gasteiger charge is 2.59. The van der Waals surface area contributed by atoms with Gasteiger partial charge in [0.25, 0.3) is 0 Å². The molecule has 4 heterocycles. The third-order valence-electron chi connectivity index (χ3n) is 6.41. The molecule has 0 radical (unpaired) electrons. The van der Waals surface area contributed by atoms with E-state index in [0.29, 0.717) is 12.2 Å². The summed E-state index contributed by atoms with van der Waals surface area (Å²) in [4.78, 5) is 44.9. The van der Waals surface area contributed by atoms with Gasteiger partial charge in [0, 0.05) is 23.3 Å². The van der Waals surface area contributed by atoms with Crippen LogP contribution in [0.5, 0.6) is 0 Å². The molecule has 2 unspecified atom stereocenters. The second kappa shape index (κ2) is 8.37. The van der Waals surface area contributed by atoms with Crippen molar-refractivity contribution in [3.05, 3.63) is 47.7 Å². The molecule has 0 bridgehead atoms. The van der Waals surface area contributed by atoms with E-state index in [2.05, 4.69) is 6.07 Å². The van der Waals surface area contributed by atoms with E-state index in [1.54, 1.807) is 18.7 Å². The summed E-state index contributed by atoms with van der Waals surface area (Å²) in [6.45, 7) is 7.87. The van der Waals surface area contributed by atoms with Gasteiger partial charge in [-0.1, -0.05) is 45.9 Å². The Labute approximate surface area is 187 Å². The normalized spacial score (nSPS) is 25.6. The number of cyclic esters (lactones) is 1. The molecule has 3 aliphatic rings. The summed E-state index contributed by atoms with van der Waals surface area (Å²) in [5.74, 6) is -2.37. The molecule has 0 aliphatic carbocycles. The highest BCUT2D eigenvalue weighted by atomic mass is 16.6. The minimum atomic E-state index is -1.50. The maximum atomic E-state index is 13.4. The average Bonchev–Trinajstić information content (AvgIpc) is 3.18. The van der Waals surface area contributed by atoms with Gasteiger partial charge in [0.1, 0.15) is 6.61 Å². The number of hydrogen-bond acceptors (Lipinski definition) is 6. The van der Waals surface area contributed by atoms with E-state index in [1.807, 2.05) is 44.2 Å². The zero-order chi connectivity index (χ0) is 23.0. The molecule has 1 saturated heterocycles. The van der Waals surface area contributed by atoms with Crippen LogP contribution in [0.2, 0.25) is 0 Å². The molecule has 1 fully saturated rings. The van der Waals surface area contributed by atoms with Gasteiger partial charge in [0.15, 0.2) is 0 Å². The number of carbonyl (C=O) groups excluding carboxylic acids is 3. The van der Waals surface area contributed by atoms with Crippen LogP contribution in [-0.4, -0.2) is 39.9 Å². The molecule has 5 rings (SSSR count). The highest BCUT2D eigenvalue weighted by Crippen LogP contribution is 2.47. The second-order valence-corrected chi connectivity index (χ2v) is 7.97. The largest absolute Gasteiger partial charge is 0.462 e. The van der Waals surface area contributed by atoms with Crippen LogP contribution in [-0.2, 0) is 30.4 Å². The fourth-order valence-corrected chi connectivity index (χ4v) is 4.79. The van der Waals surface area contributed by atoms with Crippen LogP contribution in [0.25, 0.3) is 16.6 Å². The first kappa shape index (κ1) is 22.0. The lowest BCUT2D eigenvalue weighted by Gasteiger charge is -2.46. The summed E-state index contributed by atoms with van der Waals surface area (Å²) in [6, 6.07) is 9.87. The van der Waals surface area contributed by atoms with Crippen molar-refractivity contribution < 1.29 is 23.9 Å². The van der Waals surface area contributed by atoms with E-state index >= 15 is 0 Å². The van der Waals surface area contributed by atoms with Crippen molar-refractivity contribution in [3.63, 3.8) is 0 Å². The van der Waals surface area contributed by atoms with E-state index in [4.69, 9.17) is 14.5 Å². The van der Waals surface area contributed by atoms with Gasteiger partial charge in [-0.15, -0.1) is 0 Å². The molecule has 0 saturated carbocycles. The molecule has 7 nitrogen and oxygen atoms in total. The van der Waals surface area contributed by atoms with Gasteiger partial charge >= 0.3 is 11.9 Å². The number of fused-ring (bicyclic) bond motifs is 5. The Hall–Kier alpha value is -3.22. The topological polar surface area (TPSA) is 85.8 Å². The fraction of sp³-hybridized carbons (Fsp3) is 0.440. The number of carbonyl (C=O) groups is 3. The van der Waals surface area contributed by atoms with Crippen LogP contribution in [0.3, 0.4) is 0 Å². The quantitative estimate of drug-likeness (QED) is 0.680. The number of benzene rings is 1. The van der Waals surface area contributed by atoms with Crippen molar-refractivity contribution in [2.24, 2.45) is 11.8 Å². The zero-order valence-electron chi connectivity index (χ0n) is 18.9. The number of rotatable bonds is 3. The van der Waals surface area contributed by atoms with Crippen LogP contribution >= 0.6 is 0 Å². The summed E-state index contributed by atoms with van der Waals surface area (Å²) in [5.41, 5.74) is 1.74. The molecule has 7 heteroatoms. The standard InChI is InChI=1S/C23H22N2O5.C2H6/c1-3-19(26)30-23(4-2)16-10-18-20-14(9-13-7-5-6-8-17(13)24-20)11-25(18)21(27)15(16)12-29-22(23)28;1-2/h5-10,15-16H,3-4,11-12H2,1-2H3;1-2H3/t15?,16?,23-;/m0./s1. The third kappa shape index (κ3) is 3.18. The number of aromatic nitrogens is 1. The van der Waals surface area contributed by atoms with Crippen LogP contribution in [0.4, 0.5) is 0 Å². The Bertz CT molecular complexity index is 1120. The molecule has 3 atom stereocenters. The van der Waals surface area contributed by atoms with Crippen LogP contribution < -0.4 is 0 Å². The van der Waals surface area contributed by atoms with Crippen molar-refractivity contribution >= 4 is 34.4 Å². The maximum Gasteiger partial charge on any atom is 0.351 e. The summed E-state index contributed by atoms with van der Waals surface area (Å²) in [6.07, 6.45) is 2.26. The minimum absolute atomic E-state index is 0.0141.